The van der Waals surface area contributed by atoms with E-state index in [-0.39, 0.29) is 21.7 Å². The summed E-state index contributed by atoms with van der Waals surface area (Å²) in [6.45, 7) is 3.54. The minimum atomic E-state index is -4.63. The monoisotopic (exact) mass is 538 g/mol. The summed E-state index contributed by atoms with van der Waals surface area (Å²) in [7, 11) is -4.38. The highest BCUT2D eigenvalue weighted by atomic mass is 35.5. The molecule has 2 aromatic heterocycles. The van der Waals surface area contributed by atoms with Crippen LogP contribution in [0, 0.1) is 6.92 Å². The van der Waals surface area contributed by atoms with Crippen molar-refractivity contribution in [3.8, 4) is 16.9 Å². The average molecular weight is 539 g/mol. The number of aromatic nitrogens is 3. The molecule has 4 aromatic rings. The molecule has 2 N–H and O–H groups in total. The predicted octanol–water partition coefficient (Wildman–Crippen LogP) is 5.59. The number of hydrogen-bond donors (Lipinski definition) is 2. The lowest BCUT2D eigenvalue weighted by molar-refractivity contribution is -0.137. The van der Waals surface area contributed by atoms with E-state index in [0.717, 1.165) is 6.07 Å². The Morgan fingerprint density at radius 1 is 1.17 bits per heavy atom. The van der Waals surface area contributed by atoms with Gasteiger partial charge in [0, 0.05) is 12.0 Å². The van der Waals surface area contributed by atoms with Crippen molar-refractivity contribution in [3.05, 3.63) is 70.6 Å². The highest BCUT2D eigenvalue weighted by Gasteiger charge is 2.34. The van der Waals surface area contributed by atoms with Crippen LogP contribution in [-0.4, -0.2) is 34.2 Å². The number of sulfonamides is 1. The zero-order chi connectivity index (χ0) is 26.4. The first-order chi connectivity index (χ1) is 16.8. The van der Waals surface area contributed by atoms with Gasteiger partial charge in [-0.2, -0.15) is 13.2 Å². The summed E-state index contributed by atoms with van der Waals surface area (Å²) in [5.41, 5.74) is 1.08. The van der Waals surface area contributed by atoms with Gasteiger partial charge in [-0.25, -0.2) is 22.9 Å². The molecular formula is C23H18ClF3N4O4S. The molecule has 0 aliphatic heterocycles. The van der Waals surface area contributed by atoms with Gasteiger partial charge in [-0.1, -0.05) is 30.2 Å². The maximum absolute atomic E-state index is 13.3. The van der Waals surface area contributed by atoms with Gasteiger partial charge in [0.2, 0.25) is 0 Å². The third-order valence-corrected chi connectivity index (χ3v) is 7.05. The number of nitrogens with one attached hydrogen (secondary N) is 1. The van der Waals surface area contributed by atoms with E-state index in [0.29, 0.717) is 29.0 Å². The molecule has 2 aromatic carbocycles. The molecule has 0 aliphatic carbocycles. The van der Waals surface area contributed by atoms with E-state index in [1.165, 1.54) is 35.2 Å². The smallest absolute Gasteiger partial charge is 0.418 e. The van der Waals surface area contributed by atoms with Gasteiger partial charge in [0.15, 0.2) is 0 Å². The van der Waals surface area contributed by atoms with Gasteiger partial charge >= 0.3 is 12.3 Å². The zero-order valence-corrected chi connectivity index (χ0v) is 20.3. The number of rotatable bonds is 5. The number of pyridine rings is 1. The van der Waals surface area contributed by atoms with Crippen molar-refractivity contribution >= 4 is 38.8 Å². The van der Waals surface area contributed by atoms with E-state index in [4.69, 9.17) is 16.7 Å². The molecule has 0 saturated heterocycles. The number of amides is 1. The van der Waals surface area contributed by atoms with Crippen LogP contribution in [-0.2, 0) is 22.6 Å². The largest absolute Gasteiger partial charge is 0.464 e. The van der Waals surface area contributed by atoms with Crippen molar-refractivity contribution in [2.75, 3.05) is 0 Å². The molecule has 8 nitrogen and oxygen atoms in total. The minimum Gasteiger partial charge on any atom is -0.464 e. The number of imidazole rings is 1. The van der Waals surface area contributed by atoms with E-state index in [9.17, 15) is 26.4 Å². The fourth-order valence-corrected chi connectivity index (χ4v) is 5.12. The third-order valence-electron chi connectivity index (χ3n) is 5.36. The van der Waals surface area contributed by atoms with E-state index >= 15 is 0 Å². The van der Waals surface area contributed by atoms with E-state index < -0.39 is 32.9 Å². The first kappa shape index (κ1) is 25.5. The summed E-state index contributed by atoms with van der Waals surface area (Å²) >= 11 is 5.93. The van der Waals surface area contributed by atoms with E-state index in [1.807, 2.05) is 0 Å². The zero-order valence-electron chi connectivity index (χ0n) is 18.8. The fraction of sp³-hybridized carbons (Fsp3) is 0.174. The number of nitrogens with zero attached hydrogens (tertiary/aromatic N) is 3. The first-order valence-electron chi connectivity index (χ1n) is 10.4. The van der Waals surface area contributed by atoms with Crippen LogP contribution >= 0.6 is 11.6 Å². The van der Waals surface area contributed by atoms with Crippen LogP contribution in [0.5, 0.6) is 0 Å². The Kier molecular flexibility index (Phi) is 6.43. The molecule has 0 bridgehead atoms. The number of halogens is 4. The molecular weight excluding hydrogens is 521 g/mol. The number of carbonyl (C=O) groups is 1. The molecule has 0 radical (unpaired) electrons. The van der Waals surface area contributed by atoms with E-state index in [2.05, 4.69) is 9.97 Å². The Morgan fingerprint density at radius 3 is 2.47 bits per heavy atom. The van der Waals surface area contributed by atoms with Crippen LogP contribution in [0.4, 0.5) is 18.0 Å². The first-order valence-corrected chi connectivity index (χ1v) is 12.3. The molecule has 0 saturated carbocycles. The van der Waals surface area contributed by atoms with Crippen LogP contribution in [0.2, 0.25) is 5.02 Å². The highest BCUT2D eigenvalue weighted by Crippen LogP contribution is 2.38. The minimum absolute atomic E-state index is 0.111. The summed E-state index contributed by atoms with van der Waals surface area (Å²) in [5.74, 6) is 0.472. The van der Waals surface area contributed by atoms with Gasteiger partial charge in [-0.3, -0.25) is 9.55 Å². The Hall–Kier alpha value is -3.64. The molecule has 188 valence electrons. The molecule has 1 amide bonds. The predicted molar refractivity (Wildman–Crippen MR) is 127 cm³/mol. The lowest BCUT2D eigenvalue weighted by Crippen LogP contribution is -2.29. The van der Waals surface area contributed by atoms with Crippen molar-refractivity contribution < 1.29 is 31.5 Å². The Balaban J connectivity index is 1.84. The van der Waals surface area contributed by atoms with Crippen LogP contribution < -0.4 is 4.72 Å². The second kappa shape index (κ2) is 9.10. The van der Waals surface area contributed by atoms with E-state index in [1.54, 1.807) is 30.5 Å². The maximum Gasteiger partial charge on any atom is 0.418 e. The number of hydrogen-bond acceptors (Lipinski definition) is 5. The number of alkyl halides is 3. The van der Waals surface area contributed by atoms with Gasteiger partial charge in [0.25, 0.3) is 10.0 Å². The summed E-state index contributed by atoms with van der Waals surface area (Å²) in [4.78, 5) is 19.4. The quantitative estimate of drug-likeness (QED) is 0.342. The number of carboxylic acid groups (broad SMARTS) is 1. The number of benzene rings is 2. The second-order valence-corrected chi connectivity index (χ2v) is 9.91. The standard InChI is InChI=1S/C23H18ClF3N4O4S/c1-3-21-29-18-9-15(23(25,26)27)16(24)10-19(18)31(21)13-5-6-17(28-11-13)14-8-12(2)4-7-20(14)36(34,35)30-22(32)33/h4-11,30H,3H2,1-2H3,(H,32,33). The summed E-state index contributed by atoms with van der Waals surface area (Å²) < 4.78 is 68.1. The molecule has 0 aliphatic rings. The topological polar surface area (TPSA) is 114 Å². The van der Waals surface area contributed by atoms with Gasteiger partial charge in [0.1, 0.15) is 5.82 Å². The van der Waals surface area contributed by atoms with Crippen molar-refractivity contribution in [2.24, 2.45) is 0 Å². The molecule has 13 heteroatoms. The second-order valence-electron chi connectivity index (χ2n) is 7.85. The number of aryl methyl sites for hydroxylation is 2. The maximum atomic E-state index is 13.3. The van der Waals surface area contributed by atoms with Crippen molar-refractivity contribution in [3.63, 3.8) is 0 Å². The molecule has 0 spiro atoms. The Morgan fingerprint density at radius 2 is 1.89 bits per heavy atom. The van der Waals surface area contributed by atoms with Gasteiger partial charge in [0.05, 0.1) is 44.1 Å². The highest BCUT2D eigenvalue weighted by molar-refractivity contribution is 7.90. The van der Waals surface area contributed by atoms with Crippen LogP contribution in [0.25, 0.3) is 28.0 Å². The lowest BCUT2D eigenvalue weighted by atomic mass is 10.1. The van der Waals surface area contributed by atoms with Gasteiger partial charge in [-0.05, 0) is 43.3 Å². The van der Waals surface area contributed by atoms with Gasteiger partial charge in [-0.15, -0.1) is 0 Å². The Labute approximate surface area is 208 Å². The van der Waals surface area contributed by atoms with Crippen molar-refractivity contribution in [2.45, 2.75) is 31.3 Å². The normalized spacial score (nSPS) is 12.2. The van der Waals surface area contributed by atoms with Crippen LogP contribution in [0.15, 0.2) is 53.6 Å². The Bertz CT molecular complexity index is 1600. The molecule has 0 atom stereocenters. The summed E-state index contributed by atoms with van der Waals surface area (Å²) in [6, 6.07) is 9.60. The molecule has 0 fully saturated rings. The molecule has 0 unspecified atom stereocenters. The third kappa shape index (κ3) is 4.73. The lowest BCUT2D eigenvalue weighted by Gasteiger charge is -2.13. The SMILES string of the molecule is CCc1nc2cc(C(F)(F)F)c(Cl)cc2n1-c1ccc(-c2cc(C)ccc2S(=O)(=O)NC(=O)O)nc1. The van der Waals surface area contributed by atoms with Crippen molar-refractivity contribution in [1.29, 1.82) is 0 Å². The average Bonchev–Trinajstić information content (AvgIpc) is 3.14. The summed E-state index contributed by atoms with van der Waals surface area (Å²) in [6.07, 6.45) is -4.54. The fourth-order valence-electron chi connectivity index (χ4n) is 3.82. The number of fused-ring (bicyclic) bond motifs is 1. The van der Waals surface area contributed by atoms with Crippen LogP contribution in [0.1, 0.15) is 23.9 Å². The summed E-state index contributed by atoms with van der Waals surface area (Å²) in [5, 5.41) is 8.43. The van der Waals surface area contributed by atoms with Gasteiger partial charge < -0.3 is 5.11 Å². The molecule has 36 heavy (non-hydrogen) atoms. The molecule has 4 rings (SSSR count). The molecule has 2 heterocycles. The van der Waals surface area contributed by atoms with Crippen molar-refractivity contribution in [1.82, 2.24) is 19.3 Å². The van der Waals surface area contributed by atoms with Crippen LogP contribution in [0.3, 0.4) is 0 Å².